The van der Waals surface area contributed by atoms with Crippen molar-refractivity contribution < 1.29 is 0 Å². The van der Waals surface area contributed by atoms with Crippen LogP contribution in [0.5, 0.6) is 0 Å². The second-order valence-corrected chi connectivity index (χ2v) is 7.11. The van der Waals surface area contributed by atoms with E-state index in [0.29, 0.717) is 23.8 Å². The second kappa shape index (κ2) is 6.40. The number of aromatic nitrogens is 2. The number of rotatable bonds is 3. The number of nitrogens with two attached hydrogens (primary N) is 2. The minimum Gasteiger partial charge on any atom is -0.368 e. The van der Waals surface area contributed by atoms with Gasteiger partial charge in [0.15, 0.2) is 0 Å². The first-order valence-electron chi connectivity index (χ1n) is 8.89. The average molecular weight is 323 g/mol. The van der Waals surface area contributed by atoms with E-state index in [2.05, 4.69) is 51.3 Å². The van der Waals surface area contributed by atoms with Crippen LogP contribution >= 0.6 is 0 Å². The Morgan fingerprint density at radius 3 is 2.33 bits per heavy atom. The van der Waals surface area contributed by atoms with Gasteiger partial charge in [-0.1, -0.05) is 30.3 Å². The van der Waals surface area contributed by atoms with Crippen LogP contribution in [0.2, 0.25) is 0 Å². The summed E-state index contributed by atoms with van der Waals surface area (Å²) in [5.74, 6) is 2.45. The van der Waals surface area contributed by atoms with Crippen LogP contribution in [0.1, 0.15) is 48.8 Å². The van der Waals surface area contributed by atoms with Gasteiger partial charge < -0.3 is 16.4 Å². The van der Waals surface area contributed by atoms with E-state index < -0.39 is 0 Å². The van der Waals surface area contributed by atoms with Crippen molar-refractivity contribution in [1.82, 2.24) is 9.97 Å². The number of piperidine rings is 1. The third-order valence-electron chi connectivity index (χ3n) is 5.43. The molecule has 1 saturated carbocycles. The summed E-state index contributed by atoms with van der Waals surface area (Å²) in [4.78, 5) is 11.3. The molecule has 126 valence electrons. The molecule has 2 heterocycles. The maximum atomic E-state index is 5.96. The molecule has 1 aromatic heterocycles. The molecular formula is C19H25N5. The molecule has 1 aromatic carbocycles. The zero-order valence-corrected chi connectivity index (χ0v) is 13.9. The smallest absolute Gasteiger partial charge is 0.222 e. The van der Waals surface area contributed by atoms with E-state index in [0.717, 1.165) is 50.3 Å². The Bertz CT molecular complexity index is 688. The molecular weight excluding hydrogens is 298 g/mol. The monoisotopic (exact) mass is 323 g/mol. The van der Waals surface area contributed by atoms with Gasteiger partial charge in [-0.05, 0) is 37.2 Å². The van der Waals surface area contributed by atoms with Crippen LogP contribution in [-0.4, -0.2) is 29.1 Å². The van der Waals surface area contributed by atoms with Crippen LogP contribution in [0.25, 0.3) is 0 Å². The van der Waals surface area contributed by atoms with Gasteiger partial charge in [-0.2, -0.15) is 4.98 Å². The van der Waals surface area contributed by atoms with E-state index in [4.69, 9.17) is 11.5 Å². The molecule has 5 heteroatoms. The van der Waals surface area contributed by atoms with Gasteiger partial charge in [0.2, 0.25) is 5.95 Å². The summed E-state index contributed by atoms with van der Waals surface area (Å²) in [6.07, 6.45) is 4.31. The Kier molecular flexibility index (Phi) is 4.10. The predicted octanol–water partition coefficient (Wildman–Crippen LogP) is 2.65. The summed E-state index contributed by atoms with van der Waals surface area (Å²) in [5.41, 5.74) is 14.4. The molecule has 2 aliphatic rings. The summed E-state index contributed by atoms with van der Waals surface area (Å²) in [6.45, 7) is 2.03. The average Bonchev–Trinajstić information content (AvgIpc) is 2.59. The third-order valence-corrected chi connectivity index (χ3v) is 5.43. The van der Waals surface area contributed by atoms with E-state index in [9.17, 15) is 0 Å². The van der Waals surface area contributed by atoms with Gasteiger partial charge in [0.1, 0.15) is 5.82 Å². The van der Waals surface area contributed by atoms with Crippen LogP contribution in [0, 0.1) is 0 Å². The number of benzene rings is 1. The zero-order chi connectivity index (χ0) is 16.5. The molecule has 24 heavy (non-hydrogen) atoms. The van der Waals surface area contributed by atoms with Crippen LogP contribution in [0.3, 0.4) is 0 Å². The summed E-state index contributed by atoms with van der Waals surface area (Å²) < 4.78 is 0. The first-order chi connectivity index (χ1) is 11.7. The molecule has 2 fully saturated rings. The Labute approximate surface area is 143 Å². The molecule has 0 amide bonds. The summed E-state index contributed by atoms with van der Waals surface area (Å²) in [7, 11) is 0. The summed E-state index contributed by atoms with van der Waals surface area (Å²) >= 11 is 0. The van der Waals surface area contributed by atoms with Crippen LogP contribution in [0.4, 0.5) is 11.8 Å². The fourth-order valence-electron chi connectivity index (χ4n) is 3.91. The Balaban J connectivity index is 1.45. The van der Waals surface area contributed by atoms with Crippen LogP contribution in [-0.2, 0) is 0 Å². The first-order valence-corrected chi connectivity index (χ1v) is 8.89. The van der Waals surface area contributed by atoms with E-state index in [-0.39, 0.29) is 0 Å². The third kappa shape index (κ3) is 3.08. The normalized spacial score (nSPS) is 24.6. The molecule has 2 aromatic rings. The van der Waals surface area contributed by atoms with Crippen molar-refractivity contribution in [3.8, 4) is 0 Å². The van der Waals surface area contributed by atoms with Gasteiger partial charge in [0, 0.05) is 31.1 Å². The topological polar surface area (TPSA) is 81.1 Å². The quantitative estimate of drug-likeness (QED) is 0.907. The van der Waals surface area contributed by atoms with Gasteiger partial charge in [-0.25, -0.2) is 4.98 Å². The van der Waals surface area contributed by atoms with Crippen molar-refractivity contribution in [3.63, 3.8) is 0 Å². The molecule has 0 radical (unpaired) electrons. The molecule has 1 saturated heterocycles. The van der Waals surface area contributed by atoms with Crippen LogP contribution < -0.4 is 16.4 Å². The molecule has 0 spiro atoms. The van der Waals surface area contributed by atoms with Crippen molar-refractivity contribution in [2.24, 2.45) is 5.73 Å². The number of nitrogens with zero attached hydrogens (tertiary/aromatic N) is 3. The minimum atomic E-state index is 0.316. The maximum Gasteiger partial charge on any atom is 0.222 e. The molecule has 4 N–H and O–H groups in total. The fraction of sp³-hybridized carbons (Fsp3) is 0.474. The number of anilines is 2. The highest BCUT2D eigenvalue weighted by Gasteiger charge is 2.30. The lowest BCUT2D eigenvalue weighted by Gasteiger charge is -2.35. The molecule has 0 unspecified atom stereocenters. The Hall–Kier alpha value is -2.14. The lowest BCUT2D eigenvalue weighted by atomic mass is 9.78. The molecule has 0 atom stereocenters. The standard InChI is InChI=1S/C19H25N5/c20-16-10-15(11-16)17-12-18(23-19(21)22-17)24-8-6-14(7-9-24)13-4-2-1-3-5-13/h1-5,12,14-16H,6-11,20H2,(H2,21,22,23). The fourth-order valence-corrected chi connectivity index (χ4v) is 3.91. The highest BCUT2D eigenvalue weighted by Crippen LogP contribution is 2.36. The second-order valence-electron chi connectivity index (χ2n) is 7.11. The van der Waals surface area contributed by atoms with Gasteiger partial charge in [-0.15, -0.1) is 0 Å². The van der Waals surface area contributed by atoms with E-state index in [1.54, 1.807) is 0 Å². The maximum absolute atomic E-state index is 5.96. The SMILES string of the molecule is Nc1nc(C2CC(N)C2)cc(N2CCC(c3ccccc3)CC2)n1. The predicted molar refractivity (Wildman–Crippen MR) is 97.0 cm³/mol. The zero-order valence-electron chi connectivity index (χ0n) is 13.9. The highest BCUT2D eigenvalue weighted by atomic mass is 15.2. The van der Waals surface area contributed by atoms with E-state index in [1.165, 1.54) is 5.56 Å². The summed E-state index contributed by atoms with van der Waals surface area (Å²) in [6, 6.07) is 13.2. The van der Waals surface area contributed by atoms with E-state index >= 15 is 0 Å². The van der Waals surface area contributed by atoms with E-state index in [1.807, 2.05) is 0 Å². The van der Waals surface area contributed by atoms with Gasteiger partial charge in [0.25, 0.3) is 0 Å². The number of hydrogen-bond acceptors (Lipinski definition) is 5. The van der Waals surface area contributed by atoms with Gasteiger partial charge in [-0.3, -0.25) is 0 Å². The Morgan fingerprint density at radius 2 is 1.67 bits per heavy atom. The molecule has 0 bridgehead atoms. The lowest BCUT2D eigenvalue weighted by Crippen LogP contribution is -2.36. The van der Waals surface area contributed by atoms with Crippen molar-refractivity contribution in [1.29, 1.82) is 0 Å². The van der Waals surface area contributed by atoms with Crippen molar-refractivity contribution in [3.05, 3.63) is 47.7 Å². The minimum absolute atomic E-state index is 0.316. The molecule has 5 nitrogen and oxygen atoms in total. The van der Waals surface area contributed by atoms with Crippen molar-refractivity contribution >= 4 is 11.8 Å². The van der Waals surface area contributed by atoms with Crippen LogP contribution in [0.15, 0.2) is 36.4 Å². The lowest BCUT2D eigenvalue weighted by molar-refractivity contribution is 0.345. The Morgan fingerprint density at radius 1 is 0.958 bits per heavy atom. The first kappa shape index (κ1) is 15.4. The largest absolute Gasteiger partial charge is 0.368 e. The van der Waals surface area contributed by atoms with Gasteiger partial charge in [0.05, 0.1) is 5.69 Å². The van der Waals surface area contributed by atoms with Crippen molar-refractivity contribution in [2.45, 2.75) is 43.6 Å². The molecule has 1 aliphatic carbocycles. The number of hydrogen-bond donors (Lipinski definition) is 2. The highest BCUT2D eigenvalue weighted by molar-refractivity contribution is 5.45. The van der Waals surface area contributed by atoms with Crippen molar-refractivity contribution in [2.75, 3.05) is 23.7 Å². The number of nitrogen functional groups attached to an aromatic ring is 1. The summed E-state index contributed by atoms with van der Waals surface area (Å²) in [5, 5.41) is 0. The molecule has 4 rings (SSSR count). The van der Waals surface area contributed by atoms with Gasteiger partial charge >= 0.3 is 0 Å². The molecule has 1 aliphatic heterocycles.